The standard InChI is InChI=1S/C18H17N5/c1-12(13-7-3-2-4-8-13)11-19-18-21-17-16(22-23-18)14-9-5-6-10-15(14)20-17/h2-10,12H,11H2,1H3,(H2,19,20,21,23). The van der Waals surface area contributed by atoms with Gasteiger partial charge in [0.15, 0.2) is 5.65 Å². The van der Waals surface area contributed by atoms with Gasteiger partial charge < -0.3 is 10.3 Å². The van der Waals surface area contributed by atoms with Crippen LogP contribution in [0.3, 0.4) is 0 Å². The lowest BCUT2D eigenvalue weighted by molar-refractivity contribution is 0.793. The van der Waals surface area contributed by atoms with Crippen LogP contribution in [0.15, 0.2) is 54.6 Å². The van der Waals surface area contributed by atoms with Crippen LogP contribution in [0.1, 0.15) is 18.4 Å². The fraction of sp³-hybridized carbons (Fsp3) is 0.167. The number of aromatic amines is 1. The molecule has 2 aromatic carbocycles. The lowest BCUT2D eigenvalue weighted by atomic mass is 10.0. The average Bonchev–Trinajstić information content (AvgIpc) is 2.98. The van der Waals surface area contributed by atoms with Crippen molar-refractivity contribution in [2.75, 3.05) is 11.9 Å². The van der Waals surface area contributed by atoms with Gasteiger partial charge in [0.1, 0.15) is 5.52 Å². The molecule has 0 saturated carbocycles. The number of benzene rings is 2. The zero-order chi connectivity index (χ0) is 15.6. The minimum atomic E-state index is 0.373. The van der Waals surface area contributed by atoms with Crippen molar-refractivity contribution in [2.45, 2.75) is 12.8 Å². The predicted molar refractivity (Wildman–Crippen MR) is 92.5 cm³/mol. The van der Waals surface area contributed by atoms with E-state index >= 15 is 0 Å². The van der Waals surface area contributed by atoms with Crippen molar-refractivity contribution in [1.82, 2.24) is 20.2 Å². The molecule has 0 saturated heterocycles. The minimum absolute atomic E-state index is 0.373. The maximum atomic E-state index is 4.54. The summed E-state index contributed by atoms with van der Waals surface area (Å²) in [5.74, 6) is 0.921. The molecule has 23 heavy (non-hydrogen) atoms. The van der Waals surface area contributed by atoms with Gasteiger partial charge in [-0.2, -0.15) is 4.98 Å². The van der Waals surface area contributed by atoms with E-state index in [-0.39, 0.29) is 0 Å². The van der Waals surface area contributed by atoms with E-state index in [2.05, 4.69) is 56.7 Å². The van der Waals surface area contributed by atoms with Crippen LogP contribution in [0.2, 0.25) is 0 Å². The van der Waals surface area contributed by atoms with Crippen LogP contribution in [0.5, 0.6) is 0 Å². The summed E-state index contributed by atoms with van der Waals surface area (Å²) in [4.78, 5) is 7.82. The second kappa shape index (κ2) is 5.68. The van der Waals surface area contributed by atoms with Gasteiger partial charge in [0, 0.05) is 17.4 Å². The number of nitrogens with one attached hydrogen (secondary N) is 2. The third kappa shape index (κ3) is 2.61. The fourth-order valence-corrected chi connectivity index (χ4v) is 2.74. The highest BCUT2D eigenvalue weighted by Crippen LogP contribution is 2.22. The third-order valence-corrected chi connectivity index (χ3v) is 4.06. The molecule has 4 rings (SSSR count). The van der Waals surface area contributed by atoms with E-state index in [9.17, 15) is 0 Å². The van der Waals surface area contributed by atoms with Crippen molar-refractivity contribution in [3.63, 3.8) is 0 Å². The molecule has 0 fully saturated rings. The van der Waals surface area contributed by atoms with Gasteiger partial charge in [-0.05, 0) is 17.5 Å². The number of aromatic nitrogens is 4. The summed E-state index contributed by atoms with van der Waals surface area (Å²) < 4.78 is 0. The Kier molecular flexibility index (Phi) is 3.38. The molecule has 114 valence electrons. The SMILES string of the molecule is CC(CNc1nnc2c(n1)[nH]c1ccccc12)c1ccccc1. The van der Waals surface area contributed by atoms with Gasteiger partial charge in [0.05, 0.1) is 0 Å². The topological polar surface area (TPSA) is 66.5 Å². The molecular formula is C18H17N5. The van der Waals surface area contributed by atoms with Crippen molar-refractivity contribution in [3.05, 3.63) is 60.2 Å². The lowest BCUT2D eigenvalue weighted by Crippen LogP contribution is -2.12. The molecule has 1 atom stereocenters. The molecule has 4 aromatic rings. The summed E-state index contributed by atoms with van der Waals surface area (Å²) in [5, 5.41) is 12.8. The number of hydrogen-bond acceptors (Lipinski definition) is 4. The molecule has 5 nitrogen and oxygen atoms in total. The van der Waals surface area contributed by atoms with E-state index in [1.807, 2.05) is 30.3 Å². The summed E-state index contributed by atoms with van der Waals surface area (Å²) in [7, 11) is 0. The minimum Gasteiger partial charge on any atom is -0.352 e. The van der Waals surface area contributed by atoms with Crippen molar-refractivity contribution < 1.29 is 0 Å². The molecule has 0 aliphatic rings. The van der Waals surface area contributed by atoms with Gasteiger partial charge in [-0.1, -0.05) is 55.5 Å². The highest BCUT2D eigenvalue weighted by Gasteiger charge is 2.10. The highest BCUT2D eigenvalue weighted by molar-refractivity contribution is 6.03. The molecule has 0 aliphatic carbocycles. The number of hydrogen-bond donors (Lipinski definition) is 2. The van der Waals surface area contributed by atoms with E-state index in [4.69, 9.17) is 0 Å². The molecule has 2 heterocycles. The van der Waals surface area contributed by atoms with Gasteiger partial charge in [-0.3, -0.25) is 0 Å². The normalized spacial score (nSPS) is 12.6. The number of nitrogens with zero attached hydrogens (tertiary/aromatic N) is 3. The summed E-state index contributed by atoms with van der Waals surface area (Å²) in [6, 6.07) is 18.4. The van der Waals surface area contributed by atoms with Crippen LogP contribution < -0.4 is 5.32 Å². The van der Waals surface area contributed by atoms with Gasteiger partial charge in [0.25, 0.3) is 0 Å². The Labute approximate surface area is 133 Å². The predicted octanol–water partition coefficient (Wildman–Crippen LogP) is 3.72. The van der Waals surface area contributed by atoms with Gasteiger partial charge in [-0.25, -0.2) is 0 Å². The fourth-order valence-electron chi connectivity index (χ4n) is 2.74. The zero-order valence-electron chi connectivity index (χ0n) is 12.8. The molecular weight excluding hydrogens is 286 g/mol. The Hall–Kier alpha value is -2.95. The van der Waals surface area contributed by atoms with Crippen LogP contribution in [0.4, 0.5) is 5.95 Å². The number of H-pyrrole nitrogens is 1. The Bertz CT molecular complexity index is 945. The molecule has 0 radical (unpaired) electrons. The Balaban J connectivity index is 1.56. The number of anilines is 1. The first kappa shape index (κ1) is 13.7. The molecule has 0 spiro atoms. The average molecular weight is 303 g/mol. The van der Waals surface area contributed by atoms with Crippen molar-refractivity contribution in [2.24, 2.45) is 0 Å². The first-order chi connectivity index (χ1) is 11.3. The third-order valence-electron chi connectivity index (χ3n) is 4.06. The largest absolute Gasteiger partial charge is 0.352 e. The maximum Gasteiger partial charge on any atom is 0.244 e. The van der Waals surface area contributed by atoms with E-state index < -0.39 is 0 Å². The molecule has 2 aromatic heterocycles. The van der Waals surface area contributed by atoms with Crippen molar-refractivity contribution in [1.29, 1.82) is 0 Å². The first-order valence-electron chi connectivity index (χ1n) is 7.71. The van der Waals surface area contributed by atoms with Crippen LogP contribution in [-0.2, 0) is 0 Å². The second-order valence-corrected chi connectivity index (χ2v) is 5.70. The number of para-hydroxylation sites is 1. The highest BCUT2D eigenvalue weighted by atomic mass is 15.2. The van der Waals surface area contributed by atoms with Crippen LogP contribution in [0.25, 0.3) is 22.1 Å². The van der Waals surface area contributed by atoms with E-state index in [0.717, 1.165) is 28.6 Å². The zero-order valence-corrected chi connectivity index (χ0v) is 12.8. The Morgan fingerprint density at radius 1 is 1.00 bits per heavy atom. The van der Waals surface area contributed by atoms with Crippen LogP contribution in [-0.4, -0.2) is 26.7 Å². The Morgan fingerprint density at radius 3 is 2.65 bits per heavy atom. The lowest BCUT2D eigenvalue weighted by Gasteiger charge is -2.12. The summed E-state index contributed by atoms with van der Waals surface area (Å²) >= 11 is 0. The van der Waals surface area contributed by atoms with Gasteiger partial charge in [0.2, 0.25) is 5.95 Å². The molecule has 5 heteroatoms. The molecule has 2 N–H and O–H groups in total. The summed E-state index contributed by atoms with van der Waals surface area (Å²) in [6.45, 7) is 2.94. The summed E-state index contributed by atoms with van der Waals surface area (Å²) in [6.07, 6.45) is 0. The van der Waals surface area contributed by atoms with Crippen molar-refractivity contribution >= 4 is 28.0 Å². The first-order valence-corrected chi connectivity index (χ1v) is 7.71. The number of rotatable bonds is 4. The Morgan fingerprint density at radius 2 is 1.78 bits per heavy atom. The maximum absolute atomic E-state index is 4.54. The summed E-state index contributed by atoms with van der Waals surface area (Å²) in [5.41, 5.74) is 3.89. The van der Waals surface area contributed by atoms with Crippen LogP contribution in [0, 0.1) is 0 Å². The molecule has 1 unspecified atom stereocenters. The molecule has 0 bridgehead atoms. The monoisotopic (exact) mass is 303 g/mol. The number of fused-ring (bicyclic) bond motifs is 3. The van der Waals surface area contributed by atoms with Crippen molar-refractivity contribution in [3.8, 4) is 0 Å². The molecule has 0 aliphatic heterocycles. The quantitative estimate of drug-likeness (QED) is 0.603. The van der Waals surface area contributed by atoms with Crippen LogP contribution >= 0.6 is 0 Å². The van der Waals surface area contributed by atoms with E-state index in [0.29, 0.717) is 11.9 Å². The second-order valence-electron chi connectivity index (χ2n) is 5.70. The van der Waals surface area contributed by atoms with Gasteiger partial charge >= 0.3 is 0 Å². The van der Waals surface area contributed by atoms with E-state index in [1.165, 1.54) is 5.56 Å². The van der Waals surface area contributed by atoms with Gasteiger partial charge in [-0.15, -0.1) is 10.2 Å². The molecule has 0 amide bonds. The van der Waals surface area contributed by atoms with E-state index in [1.54, 1.807) is 0 Å². The smallest absolute Gasteiger partial charge is 0.244 e.